The number of hydrogen-bond acceptors (Lipinski definition) is 4. The SMILES string of the molecule is O=C(O)CCCC=CCN1C(=O)CCC[C@@H]1C=CC(O)Cc1ccc(Cl)o1. The van der Waals surface area contributed by atoms with Gasteiger partial charge in [-0.15, -0.1) is 0 Å². The van der Waals surface area contributed by atoms with E-state index in [1.54, 1.807) is 23.1 Å². The van der Waals surface area contributed by atoms with Gasteiger partial charge in [-0.25, -0.2) is 0 Å². The van der Waals surface area contributed by atoms with Crippen molar-refractivity contribution in [2.24, 2.45) is 0 Å². The molecule has 2 N–H and O–H groups in total. The van der Waals surface area contributed by atoms with Crippen LogP contribution in [0.1, 0.15) is 44.3 Å². The van der Waals surface area contributed by atoms with Crippen molar-refractivity contribution in [2.75, 3.05) is 6.54 Å². The van der Waals surface area contributed by atoms with E-state index in [-0.39, 0.29) is 18.4 Å². The molecule has 1 aliphatic rings. The quantitative estimate of drug-likeness (QED) is 0.466. The molecule has 0 aliphatic carbocycles. The van der Waals surface area contributed by atoms with E-state index in [1.807, 2.05) is 18.2 Å². The molecule has 2 heterocycles. The third-order valence-electron chi connectivity index (χ3n) is 4.44. The van der Waals surface area contributed by atoms with Gasteiger partial charge in [-0.3, -0.25) is 9.59 Å². The highest BCUT2D eigenvalue weighted by Crippen LogP contribution is 2.20. The second-order valence-electron chi connectivity index (χ2n) is 6.63. The number of likely N-dealkylation sites (tertiary alicyclic amines) is 1. The van der Waals surface area contributed by atoms with Crippen molar-refractivity contribution in [2.45, 2.75) is 57.1 Å². The van der Waals surface area contributed by atoms with E-state index in [9.17, 15) is 14.7 Å². The number of halogens is 1. The number of furan rings is 1. The lowest BCUT2D eigenvalue weighted by atomic mass is 10.00. The first-order chi connectivity index (χ1) is 13.0. The average molecular weight is 396 g/mol. The molecule has 0 aromatic carbocycles. The van der Waals surface area contributed by atoms with Gasteiger partial charge in [-0.05, 0) is 49.4 Å². The predicted octanol–water partition coefficient (Wildman–Crippen LogP) is 3.58. The molecule has 1 unspecified atom stereocenters. The van der Waals surface area contributed by atoms with E-state index in [1.165, 1.54) is 0 Å². The normalized spacial score (nSPS) is 19.3. The highest BCUT2D eigenvalue weighted by molar-refractivity contribution is 6.28. The molecule has 148 valence electrons. The number of hydrogen-bond donors (Lipinski definition) is 2. The Labute approximate surface area is 164 Å². The second-order valence-corrected chi connectivity index (χ2v) is 7.00. The summed E-state index contributed by atoms with van der Waals surface area (Å²) in [5.74, 6) is -0.0911. The number of aliphatic hydroxyl groups excluding tert-OH is 1. The number of carboxylic acid groups (broad SMARTS) is 1. The van der Waals surface area contributed by atoms with Crippen LogP contribution < -0.4 is 0 Å². The molecule has 1 aromatic heterocycles. The van der Waals surface area contributed by atoms with Gasteiger partial charge in [0.15, 0.2) is 5.22 Å². The standard InChI is InChI=1S/C20H26ClNO5/c21-18-12-11-17(27-18)14-16(23)10-9-15-6-5-7-19(24)22(15)13-4-2-1-3-8-20(25)26/h2,4,9-12,15-16,23H,1,3,5-8,13-14H2,(H,25,26)/t15-,16?/m1/s1. The Morgan fingerprint density at radius 1 is 1.41 bits per heavy atom. The van der Waals surface area contributed by atoms with Gasteiger partial charge in [0, 0.05) is 25.8 Å². The van der Waals surface area contributed by atoms with E-state index in [4.69, 9.17) is 21.1 Å². The predicted molar refractivity (Wildman–Crippen MR) is 103 cm³/mol. The first-order valence-electron chi connectivity index (χ1n) is 9.22. The van der Waals surface area contributed by atoms with Crippen molar-refractivity contribution >= 4 is 23.5 Å². The molecule has 0 saturated carbocycles. The molecule has 2 atom stereocenters. The second kappa shape index (κ2) is 10.9. The lowest BCUT2D eigenvalue weighted by Crippen LogP contribution is -2.42. The number of aliphatic hydroxyl groups is 1. The van der Waals surface area contributed by atoms with Gasteiger partial charge >= 0.3 is 5.97 Å². The summed E-state index contributed by atoms with van der Waals surface area (Å²) in [6, 6.07) is 3.31. The van der Waals surface area contributed by atoms with Crippen molar-refractivity contribution in [1.29, 1.82) is 0 Å². The fourth-order valence-electron chi connectivity index (χ4n) is 3.05. The zero-order valence-corrected chi connectivity index (χ0v) is 16.0. The van der Waals surface area contributed by atoms with Crippen molar-refractivity contribution in [1.82, 2.24) is 4.90 Å². The van der Waals surface area contributed by atoms with Crippen LogP contribution in [0.4, 0.5) is 0 Å². The molecule has 6 nitrogen and oxygen atoms in total. The molecule has 0 radical (unpaired) electrons. The summed E-state index contributed by atoms with van der Waals surface area (Å²) in [5.41, 5.74) is 0. The van der Waals surface area contributed by atoms with Gasteiger partial charge in [-0.1, -0.05) is 24.3 Å². The molecule has 2 rings (SSSR count). The minimum atomic E-state index is -0.796. The molecule has 7 heteroatoms. The molecule has 1 saturated heterocycles. The van der Waals surface area contributed by atoms with Crippen LogP contribution in [-0.4, -0.2) is 45.7 Å². The Morgan fingerprint density at radius 3 is 2.93 bits per heavy atom. The number of carboxylic acids is 1. The molecule has 1 fully saturated rings. The smallest absolute Gasteiger partial charge is 0.303 e. The largest absolute Gasteiger partial charge is 0.481 e. The number of amides is 1. The molecule has 1 amide bonds. The summed E-state index contributed by atoms with van der Waals surface area (Å²) in [7, 11) is 0. The van der Waals surface area contributed by atoms with Gasteiger partial charge in [0.1, 0.15) is 5.76 Å². The summed E-state index contributed by atoms with van der Waals surface area (Å²) in [6.45, 7) is 0.491. The van der Waals surface area contributed by atoms with Crippen molar-refractivity contribution < 1.29 is 24.2 Å². The summed E-state index contributed by atoms with van der Waals surface area (Å²) < 4.78 is 5.25. The fraction of sp³-hybridized carbons (Fsp3) is 0.500. The van der Waals surface area contributed by atoms with Crippen LogP contribution >= 0.6 is 11.6 Å². The van der Waals surface area contributed by atoms with E-state index in [2.05, 4.69) is 0 Å². The number of rotatable bonds is 10. The average Bonchev–Trinajstić information content (AvgIpc) is 3.02. The summed E-state index contributed by atoms with van der Waals surface area (Å²) in [4.78, 5) is 24.5. The first kappa shape index (κ1) is 21.3. The Bertz CT molecular complexity index is 682. The zero-order chi connectivity index (χ0) is 19.6. The maximum absolute atomic E-state index is 12.2. The minimum Gasteiger partial charge on any atom is -0.481 e. The topological polar surface area (TPSA) is 91.0 Å². The monoisotopic (exact) mass is 395 g/mol. The molecule has 0 spiro atoms. The number of allylic oxidation sites excluding steroid dienone is 1. The van der Waals surface area contributed by atoms with Crippen LogP contribution in [0.25, 0.3) is 0 Å². The van der Waals surface area contributed by atoms with Gasteiger partial charge < -0.3 is 19.5 Å². The fourth-order valence-corrected chi connectivity index (χ4v) is 3.22. The van der Waals surface area contributed by atoms with E-state index in [0.29, 0.717) is 43.2 Å². The van der Waals surface area contributed by atoms with Crippen LogP contribution in [0, 0.1) is 0 Å². The summed E-state index contributed by atoms with van der Waals surface area (Å²) in [5, 5.41) is 19.1. The summed E-state index contributed by atoms with van der Waals surface area (Å²) >= 11 is 5.73. The molecule has 1 aromatic rings. The highest BCUT2D eigenvalue weighted by Gasteiger charge is 2.25. The maximum atomic E-state index is 12.2. The van der Waals surface area contributed by atoms with Gasteiger partial charge in [0.25, 0.3) is 0 Å². The van der Waals surface area contributed by atoms with Crippen molar-refractivity contribution in [3.05, 3.63) is 47.4 Å². The van der Waals surface area contributed by atoms with Crippen molar-refractivity contribution in [3.8, 4) is 0 Å². The number of piperidine rings is 1. The van der Waals surface area contributed by atoms with Gasteiger partial charge in [0.2, 0.25) is 5.91 Å². The van der Waals surface area contributed by atoms with Crippen molar-refractivity contribution in [3.63, 3.8) is 0 Å². The first-order valence-corrected chi connectivity index (χ1v) is 9.60. The third kappa shape index (κ3) is 7.61. The molecule has 1 aliphatic heterocycles. The van der Waals surface area contributed by atoms with Crippen LogP contribution in [-0.2, 0) is 16.0 Å². The van der Waals surface area contributed by atoms with Crippen LogP contribution in [0.5, 0.6) is 0 Å². The Morgan fingerprint density at radius 2 is 2.22 bits per heavy atom. The van der Waals surface area contributed by atoms with Crippen LogP contribution in [0.15, 0.2) is 40.9 Å². The summed E-state index contributed by atoms with van der Waals surface area (Å²) in [6.07, 6.45) is 10.7. The Kier molecular flexibility index (Phi) is 8.61. The Hall–Kier alpha value is -2.05. The van der Waals surface area contributed by atoms with E-state index in [0.717, 1.165) is 12.8 Å². The van der Waals surface area contributed by atoms with E-state index < -0.39 is 12.1 Å². The minimum absolute atomic E-state index is 0.0511. The van der Waals surface area contributed by atoms with Crippen LogP contribution in [0.2, 0.25) is 5.22 Å². The number of aliphatic carboxylic acids is 1. The molecular formula is C20H26ClNO5. The number of carbonyl (C=O) groups excluding carboxylic acids is 1. The Balaban J connectivity index is 1.85. The molecule has 27 heavy (non-hydrogen) atoms. The zero-order valence-electron chi connectivity index (χ0n) is 15.2. The molecular weight excluding hydrogens is 370 g/mol. The highest BCUT2D eigenvalue weighted by atomic mass is 35.5. The number of carbonyl (C=O) groups is 2. The van der Waals surface area contributed by atoms with Gasteiger partial charge in [0.05, 0.1) is 12.1 Å². The lowest BCUT2D eigenvalue weighted by Gasteiger charge is -2.33. The van der Waals surface area contributed by atoms with Crippen LogP contribution in [0.3, 0.4) is 0 Å². The maximum Gasteiger partial charge on any atom is 0.303 e. The molecule has 0 bridgehead atoms. The lowest BCUT2D eigenvalue weighted by molar-refractivity contribution is -0.137. The van der Waals surface area contributed by atoms with Gasteiger partial charge in [-0.2, -0.15) is 0 Å². The number of nitrogens with zero attached hydrogens (tertiary/aromatic N) is 1. The van der Waals surface area contributed by atoms with E-state index >= 15 is 0 Å². The number of unbranched alkanes of at least 4 members (excludes halogenated alkanes) is 1. The third-order valence-corrected chi connectivity index (χ3v) is 4.64.